The lowest BCUT2D eigenvalue weighted by molar-refractivity contribution is -0.404. The van der Waals surface area contributed by atoms with Crippen LogP contribution in [0, 0.1) is 0 Å². The third kappa shape index (κ3) is 15.0. The van der Waals surface area contributed by atoms with Gasteiger partial charge in [-0.15, -0.1) is 0 Å². The zero-order chi connectivity index (χ0) is 47.3. The highest BCUT2D eigenvalue weighted by molar-refractivity contribution is 6.10. The molecule has 1 atom stereocenters. The quantitative estimate of drug-likeness (QED) is 0.0266. The Morgan fingerprint density at radius 2 is 1.45 bits per heavy atom. The lowest BCUT2D eigenvalue weighted by atomic mass is 9.89. The molecule has 2 aromatic rings. The van der Waals surface area contributed by atoms with Crippen molar-refractivity contribution in [1.29, 1.82) is 0 Å². The number of quaternary nitrogens is 1. The summed E-state index contributed by atoms with van der Waals surface area (Å²) in [5.41, 5.74) is 9.89. The van der Waals surface area contributed by atoms with Gasteiger partial charge in [-0.05, 0) is 97.2 Å². The number of benzene rings is 3. The minimum atomic E-state index is -0.549. The molecule has 0 radical (unpaired) electrons. The molecule has 4 amide bonds. The van der Waals surface area contributed by atoms with E-state index in [1.165, 1.54) is 0 Å². The Morgan fingerprint density at radius 1 is 0.769 bits per heavy atom. The number of fused-ring (bicyclic) bond motifs is 2. The maximum absolute atomic E-state index is 14.4. The first-order valence-electron chi connectivity index (χ1n) is 23.3. The minimum Gasteiger partial charge on any atom is -0.456 e. The molecule has 0 fully saturated rings. The number of carbonyl (C=O) groups excluding carboxylic acids is 4. The number of amides is 4. The van der Waals surface area contributed by atoms with Crippen molar-refractivity contribution in [3.05, 3.63) is 77.7 Å². The van der Waals surface area contributed by atoms with Gasteiger partial charge in [-0.25, -0.2) is 4.58 Å². The molecule has 354 valence electrons. The second kappa shape index (κ2) is 27.0. The predicted octanol–water partition coefficient (Wildman–Crippen LogP) is 4.92. The van der Waals surface area contributed by atoms with Gasteiger partial charge in [0, 0.05) is 96.8 Å². The Hall–Kier alpha value is -5.61. The number of anilines is 2. The van der Waals surface area contributed by atoms with Crippen molar-refractivity contribution in [3.8, 4) is 22.5 Å². The molecule has 15 heteroatoms. The summed E-state index contributed by atoms with van der Waals surface area (Å²) in [7, 11) is 0. The van der Waals surface area contributed by atoms with Crippen LogP contribution in [0.4, 0.5) is 11.4 Å². The predicted molar refractivity (Wildman–Crippen MR) is 258 cm³/mol. The lowest BCUT2D eigenvalue weighted by Crippen LogP contribution is -2.66. The standard InChI is InChI=1S/C50H71N7O8/c1-9-55(10-2)37-19-22-40-44(32-37)65-45-33-38(56(11-3)12-4)20-23-41(45)47(40)39-21-18-36(31-42(39)50(61)57(13-5)14-6)54-49(60)43(51)17-15-16-24-52-46(58)34-64-30-29-63-28-27-62-26-25-53-48(59)35(7)8/h18-23,31-33,43H,7,9-17,24-30,34,51H2,1-6,8H3,(H2,52,53,58,59)/p+2/t43-/m0/s1. The van der Waals surface area contributed by atoms with Crippen molar-refractivity contribution in [2.45, 2.75) is 73.8 Å². The highest BCUT2D eigenvalue weighted by atomic mass is 16.5. The number of carbonyl (C=O) groups is 4. The third-order valence-corrected chi connectivity index (χ3v) is 11.4. The van der Waals surface area contributed by atoms with E-state index in [2.05, 4.69) is 102 Å². The van der Waals surface area contributed by atoms with E-state index >= 15 is 0 Å². The maximum Gasteiger partial charge on any atom is 0.282 e. The molecule has 6 N–H and O–H groups in total. The highest BCUT2D eigenvalue weighted by Gasteiger charge is 2.26. The van der Waals surface area contributed by atoms with Crippen LogP contribution in [-0.4, -0.2) is 127 Å². The van der Waals surface area contributed by atoms with Gasteiger partial charge in [-0.1, -0.05) is 12.6 Å². The number of hydrogen-bond donors (Lipinski definition) is 4. The number of hydrogen-bond acceptors (Lipinski definition) is 9. The Morgan fingerprint density at radius 3 is 2.11 bits per heavy atom. The summed E-state index contributed by atoms with van der Waals surface area (Å²) in [6.07, 6.45) is 1.86. The zero-order valence-electron chi connectivity index (χ0n) is 39.8. The summed E-state index contributed by atoms with van der Waals surface area (Å²) in [6, 6.07) is 17.6. The van der Waals surface area contributed by atoms with E-state index in [0.29, 0.717) is 88.7 Å². The number of ether oxygens (including phenoxy) is 3. The summed E-state index contributed by atoms with van der Waals surface area (Å²) >= 11 is 0. The van der Waals surface area contributed by atoms with Crippen molar-refractivity contribution in [1.82, 2.24) is 20.1 Å². The van der Waals surface area contributed by atoms with Crippen molar-refractivity contribution >= 4 is 46.0 Å². The molecule has 0 saturated heterocycles. The maximum atomic E-state index is 14.4. The monoisotopic (exact) mass is 900 g/mol. The Labute approximate surface area is 384 Å². The molecule has 2 aliphatic rings. The van der Waals surface area contributed by atoms with Crippen LogP contribution in [0.1, 0.15) is 78.1 Å². The van der Waals surface area contributed by atoms with E-state index in [4.69, 9.17) is 18.6 Å². The summed E-state index contributed by atoms with van der Waals surface area (Å²) < 4.78 is 25.2. The van der Waals surface area contributed by atoms with Crippen LogP contribution in [0.3, 0.4) is 0 Å². The van der Waals surface area contributed by atoms with Crippen LogP contribution >= 0.6 is 0 Å². The van der Waals surface area contributed by atoms with E-state index in [0.717, 1.165) is 70.6 Å². The number of nitrogens with one attached hydrogen (secondary N) is 3. The minimum absolute atomic E-state index is 0.0819. The van der Waals surface area contributed by atoms with Gasteiger partial charge in [0.1, 0.15) is 31.0 Å². The van der Waals surface area contributed by atoms with E-state index in [1.807, 2.05) is 26.0 Å². The van der Waals surface area contributed by atoms with Crippen LogP contribution in [0.15, 0.2) is 71.2 Å². The third-order valence-electron chi connectivity index (χ3n) is 11.4. The van der Waals surface area contributed by atoms with Crippen LogP contribution in [-0.2, 0) is 28.6 Å². The summed E-state index contributed by atoms with van der Waals surface area (Å²) in [6.45, 7) is 24.6. The summed E-state index contributed by atoms with van der Waals surface area (Å²) in [5.74, 6) is -0.0834. The fraction of sp³-hybridized carbons (Fsp3) is 0.500. The number of unbranched alkanes of at least 4 members (excludes halogenated alkanes) is 1. The topological polar surface area (TPSA) is 182 Å². The Kier molecular flexibility index (Phi) is 21.6. The molecule has 1 aliphatic heterocycles. The summed E-state index contributed by atoms with van der Waals surface area (Å²) in [5, 5.41) is 10.5. The Balaban J connectivity index is 1.40. The fourth-order valence-electron chi connectivity index (χ4n) is 7.59. The lowest BCUT2D eigenvalue weighted by Gasteiger charge is -2.24. The van der Waals surface area contributed by atoms with Crippen molar-refractivity contribution < 1.29 is 43.5 Å². The first kappa shape index (κ1) is 52.0. The van der Waals surface area contributed by atoms with Gasteiger partial charge in [-0.3, -0.25) is 19.2 Å². The van der Waals surface area contributed by atoms with Gasteiger partial charge in [0.05, 0.1) is 39.1 Å². The first-order valence-corrected chi connectivity index (χ1v) is 23.3. The highest BCUT2D eigenvalue weighted by Crippen LogP contribution is 2.43. The van der Waals surface area contributed by atoms with Gasteiger partial charge in [0.2, 0.25) is 17.2 Å². The average Bonchev–Trinajstić information content (AvgIpc) is 3.30. The zero-order valence-corrected chi connectivity index (χ0v) is 39.8. The van der Waals surface area contributed by atoms with E-state index in [-0.39, 0.29) is 36.8 Å². The van der Waals surface area contributed by atoms with Crippen LogP contribution in [0.2, 0.25) is 0 Å². The van der Waals surface area contributed by atoms with Crippen LogP contribution in [0.25, 0.3) is 33.4 Å². The summed E-state index contributed by atoms with van der Waals surface area (Å²) in [4.78, 5) is 55.7. The molecule has 0 bridgehead atoms. The normalized spacial score (nSPS) is 11.6. The number of rotatable bonds is 28. The van der Waals surface area contributed by atoms with E-state index in [1.54, 1.807) is 17.9 Å². The van der Waals surface area contributed by atoms with Crippen LogP contribution in [0.5, 0.6) is 0 Å². The first-order chi connectivity index (χ1) is 31.4. The molecule has 1 heterocycles. The molecule has 65 heavy (non-hydrogen) atoms. The molecular formula is C50H73N7O8+2. The molecule has 0 saturated carbocycles. The molecule has 2 aromatic carbocycles. The van der Waals surface area contributed by atoms with E-state index in [9.17, 15) is 19.2 Å². The van der Waals surface area contributed by atoms with Gasteiger partial charge in [-0.2, -0.15) is 0 Å². The average molecular weight is 900 g/mol. The van der Waals surface area contributed by atoms with Crippen molar-refractivity contribution in [3.63, 3.8) is 0 Å². The van der Waals surface area contributed by atoms with Crippen molar-refractivity contribution in [2.75, 3.05) is 102 Å². The van der Waals surface area contributed by atoms with Crippen LogP contribution < -0.4 is 36.5 Å². The molecule has 0 aromatic heterocycles. The Bertz CT molecular complexity index is 2240. The smallest absolute Gasteiger partial charge is 0.282 e. The number of nitrogens with zero attached hydrogens (tertiary/aromatic N) is 3. The SMILES string of the molecule is C=C(C)C(=O)NCCOCCOCCOCC(=O)NCCCC[C@H]([NH3+])C(=O)Nc1ccc(-c2c3ccc(=[N+](CC)CC)cc-3oc3cc(N(CC)CC)ccc23)c(C(=O)N(CC)CC)c1. The van der Waals surface area contributed by atoms with Gasteiger partial charge in [0.15, 0.2) is 6.04 Å². The second-order valence-electron chi connectivity index (χ2n) is 15.8. The van der Waals surface area contributed by atoms with Gasteiger partial charge < -0.3 is 50.1 Å². The van der Waals surface area contributed by atoms with Gasteiger partial charge >= 0.3 is 0 Å². The van der Waals surface area contributed by atoms with Crippen molar-refractivity contribution in [2.24, 2.45) is 0 Å². The molecule has 0 unspecified atom stereocenters. The molecule has 15 nitrogen and oxygen atoms in total. The molecule has 4 rings (SSSR count). The fourth-order valence-corrected chi connectivity index (χ4v) is 7.59. The largest absolute Gasteiger partial charge is 0.456 e. The van der Waals surface area contributed by atoms with Gasteiger partial charge in [0.25, 0.3) is 11.8 Å². The van der Waals surface area contributed by atoms with E-state index < -0.39 is 6.04 Å². The molecular weight excluding hydrogens is 827 g/mol. The molecule has 1 aliphatic carbocycles. The molecule has 0 spiro atoms. The second-order valence-corrected chi connectivity index (χ2v) is 15.8.